The highest BCUT2D eigenvalue weighted by atomic mass is 32.2. The molecule has 1 aromatic rings. The largest absolute Gasteiger partial charge is 0.352 e. The molecule has 0 unspecified atom stereocenters. The third-order valence-corrected chi connectivity index (χ3v) is 5.85. The molecular weight excluding hydrogens is 306 g/mol. The van der Waals surface area contributed by atoms with Crippen molar-refractivity contribution in [1.29, 1.82) is 5.26 Å². The van der Waals surface area contributed by atoms with Crippen molar-refractivity contribution in [3.63, 3.8) is 0 Å². The number of carbonyl (C=O) groups is 1. The number of amides is 1. The van der Waals surface area contributed by atoms with E-state index in [0.29, 0.717) is 28.3 Å². The number of carbonyl (C=O) groups excluding carboxylic acids is 1. The summed E-state index contributed by atoms with van der Waals surface area (Å²) in [5.74, 6) is 0.900. The minimum absolute atomic E-state index is 0.0373. The van der Waals surface area contributed by atoms with E-state index in [2.05, 4.69) is 23.3 Å². The number of thioether (sulfide) groups is 1. The van der Waals surface area contributed by atoms with Crippen LogP contribution >= 0.6 is 11.8 Å². The van der Waals surface area contributed by atoms with Gasteiger partial charge in [-0.15, -0.1) is 0 Å². The van der Waals surface area contributed by atoms with E-state index in [9.17, 15) is 10.1 Å². The van der Waals surface area contributed by atoms with Crippen LogP contribution in [0.5, 0.6) is 0 Å². The molecule has 1 aliphatic rings. The van der Waals surface area contributed by atoms with Crippen molar-refractivity contribution in [1.82, 2.24) is 10.3 Å². The van der Waals surface area contributed by atoms with Gasteiger partial charge in [0.25, 0.3) is 0 Å². The molecule has 0 bridgehead atoms. The molecule has 1 amide bonds. The van der Waals surface area contributed by atoms with Gasteiger partial charge in [0.15, 0.2) is 0 Å². The van der Waals surface area contributed by atoms with E-state index in [1.165, 1.54) is 31.0 Å². The number of nitrogens with one attached hydrogen (secondary N) is 1. The minimum atomic E-state index is 0.0373. The van der Waals surface area contributed by atoms with Gasteiger partial charge in [0, 0.05) is 11.7 Å². The van der Waals surface area contributed by atoms with Crippen LogP contribution in [0.2, 0.25) is 0 Å². The Morgan fingerprint density at radius 1 is 1.30 bits per heavy atom. The van der Waals surface area contributed by atoms with Gasteiger partial charge >= 0.3 is 0 Å². The van der Waals surface area contributed by atoms with E-state index in [-0.39, 0.29) is 5.91 Å². The average Bonchev–Trinajstić information content (AvgIpc) is 2.53. The summed E-state index contributed by atoms with van der Waals surface area (Å²) in [7, 11) is 0. The molecule has 1 heterocycles. The highest BCUT2D eigenvalue weighted by molar-refractivity contribution is 8.00. The summed E-state index contributed by atoms with van der Waals surface area (Å²) in [4.78, 5) is 16.7. The molecule has 0 aromatic carbocycles. The number of hydrogen-bond acceptors (Lipinski definition) is 4. The van der Waals surface area contributed by atoms with Gasteiger partial charge in [-0.05, 0) is 50.7 Å². The summed E-state index contributed by atoms with van der Waals surface area (Å²) in [5.41, 5.74) is 3.53. The van der Waals surface area contributed by atoms with Crippen LogP contribution in [0.15, 0.2) is 5.03 Å². The molecule has 4 nitrogen and oxygen atoms in total. The molecule has 2 rings (SSSR count). The number of hydrogen-bond donors (Lipinski definition) is 1. The molecular formula is C18H25N3OS. The molecule has 124 valence electrons. The lowest BCUT2D eigenvalue weighted by Gasteiger charge is -2.29. The molecule has 0 saturated heterocycles. The summed E-state index contributed by atoms with van der Waals surface area (Å²) >= 11 is 1.36. The lowest BCUT2D eigenvalue weighted by molar-refractivity contribution is -0.119. The van der Waals surface area contributed by atoms with Gasteiger partial charge in [-0.3, -0.25) is 4.79 Å². The van der Waals surface area contributed by atoms with Gasteiger partial charge < -0.3 is 5.32 Å². The van der Waals surface area contributed by atoms with Crippen LogP contribution in [-0.4, -0.2) is 22.7 Å². The lowest BCUT2D eigenvalue weighted by Crippen LogP contribution is -2.41. The molecule has 5 heteroatoms. The van der Waals surface area contributed by atoms with Crippen LogP contribution in [0.25, 0.3) is 0 Å². The average molecular weight is 331 g/mol. The molecule has 2 atom stereocenters. The monoisotopic (exact) mass is 331 g/mol. The van der Waals surface area contributed by atoms with Crippen molar-refractivity contribution in [3.8, 4) is 6.07 Å². The normalized spacial score (nSPS) is 20.8. The maximum atomic E-state index is 12.2. The number of aryl methyl sites for hydroxylation is 1. The first-order chi connectivity index (χ1) is 10.9. The maximum Gasteiger partial charge on any atom is 0.230 e. The van der Waals surface area contributed by atoms with Crippen molar-refractivity contribution in [2.75, 3.05) is 5.75 Å². The summed E-state index contributed by atoms with van der Waals surface area (Å²) in [6.07, 6.45) is 4.72. The third-order valence-electron chi connectivity index (χ3n) is 4.87. The molecule has 1 N–H and O–H groups in total. The fraction of sp³-hybridized carbons (Fsp3) is 0.611. The van der Waals surface area contributed by atoms with E-state index < -0.39 is 0 Å². The summed E-state index contributed by atoms with van der Waals surface area (Å²) in [6, 6.07) is 2.52. The van der Waals surface area contributed by atoms with Gasteiger partial charge in [-0.2, -0.15) is 5.26 Å². The van der Waals surface area contributed by atoms with Crippen LogP contribution < -0.4 is 5.32 Å². The molecule has 0 spiro atoms. The Morgan fingerprint density at radius 2 is 2.00 bits per heavy atom. The number of pyridine rings is 1. The molecule has 1 aliphatic carbocycles. The van der Waals surface area contributed by atoms with Crippen LogP contribution in [0.4, 0.5) is 0 Å². The Balaban J connectivity index is 2.00. The van der Waals surface area contributed by atoms with Crippen LogP contribution in [0.3, 0.4) is 0 Å². The fourth-order valence-corrected chi connectivity index (χ4v) is 3.96. The number of aromatic nitrogens is 1. The van der Waals surface area contributed by atoms with Gasteiger partial charge in [-0.1, -0.05) is 31.5 Å². The Morgan fingerprint density at radius 3 is 2.65 bits per heavy atom. The van der Waals surface area contributed by atoms with E-state index >= 15 is 0 Å². The second-order valence-corrected chi connectivity index (χ2v) is 7.43. The van der Waals surface area contributed by atoms with Gasteiger partial charge in [0.2, 0.25) is 5.91 Å². The second-order valence-electron chi connectivity index (χ2n) is 6.46. The zero-order valence-electron chi connectivity index (χ0n) is 14.4. The van der Waals surface area contributed by atoms with Gasteiger partial charge in [-0.25, -0.2) is 4.98 Å². The van der Waals surface area contributed by atoms with Crippen molar-refractivity contribution in [2.24, 2.45) is 5.92 Å². The van der Waals surface area contributed by atoms with Crippen LogP contribution in [0.1, 0.15) is 55.0 Å². The minimum Gasteiger partial charge on any atom is -0.352 e. The number of nitrogens with zero attached hydrogens (tertiary/aromatic N) is 2. The smallest absolute Gasteiger partial charge is 0.230 e. The van der Waals surface area contributed by atoms with Crippen LogP contribution in [0, 0.1) is 38.0 Å². The van der Waals surface area contributed by atoms with Gasteiger partial charge in [0.1, 0.15) is 11.1 Å². The molecule has 0 radical (unpaired) electrons. The summed E-state index contributed by atoms with van der Waals surface area (Å²) in [6.45, 7) is 8.07. The first-order valence-electron chi connectivity index (χ1n) is 8.24. The number of rotatable bonds is 4. The maximum absolute atomic E-state index is 12.2. The first-order valence-corrected chi connectivity index (χ1v) is 9.22. The zero-order chi connectivity index (χ0) is 17.0. The van der Waals surface area contributed by atoms with Gasteiger partial charge in [0.05, 0.1) is 11.3 Å². The standard InChI is InChI=1S/C18H25N3OS/c1-11-7-5-6-8-16(11)21-17(22)10-23-18-15(9-19)13(3)12(2)14(4)20-18/h11,16H,5-8,10H2,1-4H3,(H,21,22)/t11-,16+/m0/s1. The zero-order valence-corrected chi connectivity index (χ0v) is 15.2. The van der Waals surface area contributed by atoms with Crippen molar-refractivity contribution < 1.29 is 4.79 Å². The van der Waals surface area contributed by atoms with E-state index in [0.717, 1.165) is 23.2 Å². The lowest BCUT2D eigenvalue weighted by atomic mass is 9.86. The molecule has 23 heavy (non-hydrogen) atoms. The Hall–Kier alpha value is -1.54. The first kappa shape index (κ1) is 17.8. The number of nitriles is 1. The Bertz CT molecular complexity index is 636. The Labute approximate surface area is 143 Å². The summed E-state index contributed by atoms with van der Waals surface area (Å²) < 4.78 is 0. The third kappa shape index (κ3) is 4.26. The van der Waals surface area contributed by atoms with E-state index in [4.69, 9.17) is 0 Å². The van der Waals surface area contributed by atoms with Crippen LogP contribution in [-0.2, 0) is 4.79 Å². The quantitative estimate of drug-likeness (QED) is 0.855. The topological polar surface area (TPSA) is 65.8 Å². The summed E-state index contributed by atoms with van der Waals surface area (Å²) in [5, 5.41) is 13.2. The molecule has 0 aliphatic heterocycles. The molecule has 1 aromatic heterocycles. The van der Waals surface area contributed by atoms with E-state index in [1.807, 2.05) is 20.8 Å². The highest BCUT2D eigenvalue weighted by Crippen LogP contribution is 2.27. The molecule has 1 fully saturated rings. The predicted molar refractivity (Wildman–Crippen MR) is 93.4 cm³/mol. The van der Waals surface area contributed by atoms with Crippen molar-refractivity contribution in [2.45, 2.75) is 64.4 Å². The fourth-order valence-electron chi connectivity index (χ4n) is 3.06. The molecule has 1 saturated carbocycles. The second kappa shape index (κ2) is 7.83. The van der Waals surface area contributed by atoms with Crippen molar-refractivity contribution >= 4 is 17.7 Å². The predicted octanol–water partition coefficient (Wildman–Crippen LogP) is 3.67. The Kier molecular flexibility index (Phi) is 6.06. The van der Waals surface area contributed by atoms with E-state index in [1.54, 1.807) is 0 Å². The highest BCUT2D eigenvalue weighted by Gasteiger charge is 2.23. The van der Waals surface area contributed by atoms with Crippen molar-refractivity contribution in [3.05, 3.63) is 22.4 Å². The SMILES string of the molecule is Cc1nc(SCC(=O)N[C@@H]2CCCC[C@@H]2C)c(C#N)c(C)c1C.